The summed E-state index contributed by atoms with van der Waals surface area (Å²) in [5.41, 5.74) is 2.30. The first kappa shape index (κ1) is 17.7. The van der Waals surface area contributed by atoms with Crippen LogP contribution in [0.1, 0.15) is 28.4 Å². The Labute approximate surface area is 141 Å². The largest absolute Gasteiger partial charge is 0.343 e. The molecule has 0 bridgehead atoms. The second-order valence-corrected chi connectivity index (χ2v) is 5.59. The summed E-state index contributed by atoms with van der Waals surface area (Å²) in [6.07, 6.45) is 0. The molecule has 0 fully saturated rings. The van der Waals surface area contributed by atoms with E-state index in [1.807, 2.05) is 26.0 Å². The maximum absolute atomic E-state index is 13.2. The van der Waals surface area contributed by atoms with Crippen molar-refractivity contribution in [2.75, 3.05) is 13.1 Å². The average Bonchev–Trinajstić information content (AvgIpc) is 2.58. The topological polar surface area (TPSA) is 49.4 Å². The Morgan fingerprint density at radius 1 is 1.12 bits per heavy atom. The van der Waals surface area contributed by atoms with Crippen LogP contribution in [0, 0.1) is 12.7 Å². The number of likely N-dealkylation sites (N-methyl/N-ethyl adjacent to an activating group) is 1. The van der Waals surface area contributed by atoms with Crippen molar-refractivity contribution in [2.45, 2.75) is 20.4 Å². The van der Waals surface area contributed by atoms with Gasteiger partial charge in [0.15, 0.2) is 0 Å². The van der Waals surface area contributed by atoms with Gasteiger partial charge in [0.05, 0.1) is 6.54 Å². The number of hydrogen-bond acceptors (Lipinski definition) is 2. The summed E-state index contributed by atoms with van der Waals surface area (Å²) in [4.78, 5) is 25.9. The van der Waals surface area contributed by atoms with Crippen LogP contribution in [0.15, 0.2) is 48.5 Å². The van der Waals surface area contributed by atoms with Crippen molar-refractivity contribution in [1.82, 2.24) is 10.2 Å². The minimum absolute atomic E-state index is 0.0874. The molecule has 0 radical (unpaired) electrons. The molecule has 0 aliphatic rings. The van der Waals surface area contributed by atoms with E-state index in [2.05, 4.69) is 5.32 Å². The van der Waals surface area contributed by atoms with E-state index in [1.165, 1.54) is 12.1 Å². The summed E-state index contributed by atoms with van der Waals surface area (Å²) in [5, 5.41) is 2.63. The second-order valence-electron chi connectivity index (χ2n) is 5.59. The van der Waals surface area contributed by atoms with Gasteiger partial charge in [-0.25, -0.2) is 4.39 Å². The maximum atomic E-state index is 13.2. The van der Waals surface area contributed by atoms with E-state index in [1.54, 1.807) is 29.2 Å². The smallest absolute Gasteiger partial charge is 0.251 e. The summed E-state index contributed by atoms with van der Waals surface area (Å²) in [6, 6.07) is 13.3. The highest BCUT2D eigenvalue weighted by Gasteiger charge is 2.14. The van der Waals surface area contributed by atoms with Gasteiger partial charge in [-0.3, -0.25) is 9.59 Å². The zero-order valence-corrected chi connectivity index (χ0v) is 13.9. The third-order valence-corrected chi connectivity index (χ3v) is 3.71. The van der Waals surface area contributed by atoms with Gasteiger partial charge >= 0.3 is 0 Å². The summed E-state index contributed by atoms with van der Waals surface area (Å²) >= 11 is 0. The number of amides is 2. The molecule has 2 aromatic carbocycles. The van der Waals surface area contributed by atoms with Gasteiger partial charge in [0.2, 0.25) is 5.91 Å². The van der Waals surface area contributed by atoms with Crippen LogP contribution in [0.25, 0.3) is 0 Å². The minimum atomic E-state index is -0.330. The number of nitrogens with one attached hydrogen (secondary N) is 1. The molecule has 0 spiro atoms. The van der Waals surface area contributed by atoms with Crippen molar-refractivity contribution in [3.05, 3.63) is 71.0 Å². The third-order valence-electron chi connectivity index (χ3n) is 3.71. The molecule has 5 heteroatoms. The normalized spacial score (nSPS) is 10.3. The van der Waals surface area contributed by atoms with Crippen molar-refractivity contribution in [3.8, 4) is 0 Å². The van der Waals surface area contributed by atoms with Crippen molar-refractivity contribution in [2.24, 2.45) is 0 Å². The van der Waals surface area contributed by atoms with E-state index in [4.69, 9.17) is 0 Å². The molecule has 2 rings (SSSR count). The van der Waals surface area contributed by atoms with Gasteiger partial charge in [0.1, 0.15) is 5.82 Å². The number of carbonyl (C=O) groups is 2. The Hall–Kier alpha value is -2.69. The van der Waals surface area contributed by atoms with Crippen LogP contribution in [0.2, 0.25) is 0 Å². The molecule has 24 heavy (non-hydrogen) atoms. The Bertz CT molecular complexity index is 714. The van der Waals surface area contributed by atoms with E-state index < -0.39 is 0 Å². The molecular formula is C19H21FN2O2. The first-order valence-electron chi connectivity index (χ1n) is 7.86. The lowest BCUT2D eigenvalue weighted by Crippen LogP contribution is -2.39. The van der Waals surface area contributed by atoms with Gasteiger partial charge in [-0.15, -0.1) is 0 Å². The van der Waals surface area contributed by atoms with Crippen LogP contribution in [0.4, 0.5) is 4.39 Å². The summed E-state index contributed by atoms with van der Waals surface area (Å²) in [6.45, 7) is 4.49. The zero-order chi connectivity index (χ0) is 17.5. The highest BCUT2D eigenvalue weighted by Crippen LogP contribution is 2.08. The average molecular weight is 328 g/mol. The van der Waals surface area contributed by atoms with Crippen LogP contribution in [0.5, 0.6) is 0 Å². The molecule has 0 aliphatic carbocycles. The highest BCUT2D eigenvalue weighted by atomic mass is 19.1. The predicted octanol–water partition coefficient (Wildman–Crippen LogP) is 2.91. The Morgan fingerprint density at radius 3 is 2.46 bits per heavy atom. The van der Waals surface area contributed by atoms with Crippen molar-refractivity contribution in [3.63, 3.8) is 0 Å². The number of halogens is 1. The molecule has 0 atom stereocenters. The van der Waals surface area contributed by atoms with Crippen molar-refractivity contribution < 1.29 is 14.0 Å². The first-order valence-corrected chi connectivity index (χ1v) is 7.86. The van der Waals surface area contributed by atoms with Gasteiger partial charge in [-0.1, -0.05) is 29.8 Å². The van der Waals surface area contributed by atoms with Gasteiger partial charge in [0.25, 0.3) is 5.91 Å². The summed E-state index contributed by atoms with van der Waals surface area (Å²) in [5.74, 6) is -0.823. The first-order chi connectivity index (χ1) is 11.5. The van der Waals surface area contributed by atoms with E-state index in [0.717, 1.165) is 11.1 Å². The lowest BCUT2D eigenvalue weighted by Gasteiger charge is -2.21. The summed E-state index contributed by atoms with van der Waals surface area (Å²) in [7, 11) is 0. The van der Waals surface area contributed by atoms with Crippen molar-refractivity contribution >= 4 is 11.8 Å². The zero-order valence-electron chi connectivity index (χ0n) is 13.9. The molecule has 0 saturated carbocycles. The fourth-order valence-electron chi connectivity index (χ4n) is 2.31. The lowest BCUT2D eigenvalue weighted by molar-refractivity contribution is -0.130. The standard InChI is InChI=1S/C19H21FN2O2/c1-3-22(13-15-5-4-6-17(20)11-15)18(23)12-21-19(24)16-9-7-14(2)8-10-16/h4-11H,3,12-13H2,1-2H3,(H,21,24). The number of nitrogens with zero attached hydrogens (tertiary/aromatic N) is 1. The molecule has 0 aliphatic heterocycles. The highest BCUT2D eigenvalue weighted by molar-refractivity contribution is 5.96. The quantitative estimate of drug-likeness (QED) is 0.886. The Morgan fingerprint density at radius 2 is 1.83 bits per heavy atom. The fourth-order valence-corrected chi connectivity index (χ4v) is 2.31. The molecule has 4 nitrogen and oxygen atoms in total. The van der Waals surface area contributed by atoms with Gasteiger partial charge in [-0.2, -0.15) is 0 Å². The van der Waals surface area contributed by atoms with Crippen LogP contribution in [-0.2, 0) is 11.3 Å². The number of aryl methyl sites for hydroxylation is 1. The van der Waals surface area contributed by atoms with E-state index in [9.17, 15) is 14.0 Å². The van der Waals surface area contributed by atoms with E-state index in [-0.39, 0.29) is 24.2 Å². The summed E-state index contributed by atoms with van der Waals surface area (Å²) < 4.78 is 13.2. The van der Waals surface area contributed by atoms with Gasteiger partial charge in [0, 0.05) is 18.7 Å². The molecule has 0 saturated heterocycles. The molecule has 2 amide bonds. The molecular weight excluding hydrogens is 307 g/mol. The van der Waals surface area contributed by atoms with Crippen LogP contribution in [0.3, 0.4) is 0 Å². The third kappa shape index (κ3) is 4.91. The van der Waals surface area contributed by atoms with Crippen LogP contribution >= 0.6 is 0 Å². The molecule has 0 unspecified atom stereocenters. The Kier molecular flexibility index (Phi) is 6.07. The molecule has 1 N–H and O–H groups in total. The second kappa shape index (κ2) is 8.24. The monoisotopic (exact) mass is 328 g/mol. The van der Waals surface area contributed by atoms with Crippen LogP contribution < -0.4 is 5.32 Å². The maximum Gasteiger partial charge on any atom is 0.251 e. The predicted molar refractivity (Wildman–Crippen MR) is 91.0 cm³/mol. The fraction of sp³-hybridized carbons (Fsp3) is 0.263. The van der Waals surface area contributed by atoms with E-state index >= 15 is 0 Å². The van der Waals surface area contributed by atoms with Gasteiger partial charge < -0.3 is 10.2 Å². The van der Waals surface area contributed by atoms with Crippen LogP contribution in [-0.4, -0.2) is 29.8 Å². The number of carbonyl (C=O) groups excluding carboxylic acids is 2. The Balaban J connectivity index is 1.92. The molecule has 126 valence electrons. The number of rotatable bonds is 6. The molecule has 0 heterocycles. The van der Waals surface area contributed by atoms with Crippen molar-refractivity contribution in [1.29, 1.82) is 0 Å². The SMILES string of the molecule is CCN(Cc1cccc(F)c1)C(=O)CNC(=O)c1ccc(C)cc1. The van der Waals surface area contributed by atoms with Gasteiger partial charge in [-0.05, 0) is 43.7 Å². The number of benzene rings is 2. The minimum Gasteiger partial charge on any atom is -0.343 e. The lowest BCUT2D eigenvalue weighted by atomic mass is 10.1. The molecule has 0 aromatic heterocycles. The number of hydrogen-bond donors (Lipinski definition) is 1. The molecule has 2 aromatic rings. The van der Waals surface area contributed by atoms with E-state index in [0.29, 0.717) is 18.7 Å².